The maximum Gasteiger partial charge on any atom is 0.315 e. The zero-order valence-corrected chi connectivity index (χ0v) is 33.2. The van der Waals surface area contributed by atoms with Crippen molar-refractivity contribution in [2.75, 3.05) is 0 Å². The topological polar surface area (TPSA) is 55.8 Å². The van der Waals surface area contributed by atoms with Gasteiger partial charge in [0.05, 0.1) is 17.6 Å². The summed E-state index contributed by atoms with van der Waals surface area (Å²) in [4.78, 5) is 15.0. The van der Waals surface area contributed by atoms with Crippen molar-refractivity contribution in [1.82, 2.24) is 0 Å². The first-order valence-corrected chi connectivity index (χ1v) is 22.3. The molecule has 0 aromatic heterocycles. The molecule has 1 aromatic rings. The molecule has 5 aliphatic carbocycles. The van der Waals surface area contributed by atoms with Crippen molar-refractivity contribution in [3.05, 3.63) is 47.5 Å². The normalized spacial score (nSPS) is 41.6. The Labute approximate surface area is 294 Å². The molecular formula is C43H68O4Si. The minimum atomic E-state index is -2.08. The van der Waals surface area contributed by atoms with Gasteiger partial charge in [-0.1, -0.05) is 111 Å². The lowest BCUT2D eigenvalue weighted by Gasteiger charge is -2.72. The number of ether oxygens (including phenoxy) is 1. The first-order valence-electron chi connectivity index (χ1n) is 19.8. The Bertz CT molecular complexity index is 1370. The number of aliphatic hydroxyl groups excluding tert-OH is 1. The molecule has 268 valence electrons. The van der Waals surface area contributed by atoms with Gasteiger partial charge in [0, 0.05) is 0 Å². The average molecular weight is 677 g/mol. The number of hydrogen-bond acceptors (Lipinski definition) is 4. The van der Waals surface area contributed by atoms with Crippen molar-refractivity contribution in [3.63, 3.8) is 0 Å². The number of benzene rings is 1. The summed E-state index contributed by atoms with van der Waals surface area (Å²) in [6.07, 6.45) is 11.5. The third kappa shape index (κ3) is 5.28. The van der Waals surface area contributed by atoms with Crippen LogP contribution in [0.5, 0.6) is 0 Å². The lowest BCUT2D eigenvalue weighted by molar-refractivity contribution is -0.219. The third-order valence-corrected chi connectivity index (χ3v) is 21.2. The summed E-state index contributed by atoms with van der Waals surface area (Å²) >= 11 is 0. The van der Waals surface area contributed by atoms with E-state index >= 15 is 4.79 Å². The Morgan fingerprint density at radius 2 is 1.52 bits per heavy atom. The largest absolute Gasteiger partial charge is 0.460 e. The number of carbonyl (C=O) groups is 1. The van der Waals surface area contributed by atoms with E-state index in [0.717, 1.165) is 68.6 Å². The van der Waals surface area contributed by atoms with Crippen LogP contribution in [0.15, 0.2) is 42.0 Å². The lowest BCUT2D eigenvalue weighted by atomic mass is 9.33. The number of rotatable bonds is 8. The summed E-state index contributed by atoms with van der Waals surface area (Å²) < 4.78 is 14.2. The fourth-order valence-electron chi connectivity index (χ4n) is 13.0. The Morgan fingerprint density at radius 1 is 0.854 bits per heavy atom. The van der Waals surface area contributed by atoms with E-state index in [4.69, 9.17) is 9.16 Å². The average Bonchev–Trinajstić information content (AvgIpc) is 3.05. The molecule has 0 radical (unpaired) electrons. The van der Waals surface area contributed by atoms with Crippen LogP contribution in [0, 0.1) is 50.2 Å². The molecular weight excluding hydrogens is 609 g/mol. The molecule has 4 fully saturated rings. The van der Waals surface area contributed by atoms with Gasteiger partial charge in [-0.25, -0.2) is 0 Å². The van der Waals surface area contributed by atoms with E-state index in [1.165, 1.54) is 12.8 Å². The third-order valence-electron chi connectivity index (χ3n) is 16.6. The maximum absolute atomic E-state index is 15.0. The highest BCUT2D eigenvalue weighted by Crippen LogP contribution is 2.76. The minimum Gasteiger partial charge on any atom is -0.460 e. The van der Waals surface area contributed by atoms with Gasteiger partial charge in [-0.05, 0) is 126 Å². The second-order valence-electron chi connectivity index (χ2n) is 19.2. The van der Waals surface area contributed by atoms with Crippen molar-refractivity contribution >= 4 is 14.3 Å². The summed E-state index contributed by atoms with van der Waals surface area (Å²) in [6, 6.07) is 13.5. The monoisotopic (exact) mass is 676 g/mol. The fraction of sp³-hybridized carbons (Fsp3) is 0.791. The maximum atomic E-state index is 15.0. The van der Waals surface area contributed by atoms with Gasteiger partial charge in [-0.2, -0.15) is 0 Å². The number of aliphatic hydroxyl groups is 1. The summed E-state index contributed by atoms with van der Waals surface area (Å²) in [5.74, 6) is 1.17. The molecule has 0 heterocycles. The number of hydrogen-bond donors (Lipinski definition) is 1. The van der Waals surface area contributed by atoms with Gasteiger partial charge < -0.3 is 14.3 Å². The van der Waals surface area contributed by atoms with Crippen LogP contribution < -0.4 is 0 Å². The second-order valence-corrected chi connectivity index (χ2v) is 24.0. The van der Waals surface area contributed by atoms with Crippen molar-refractivity contribution in [2.24, 2.45) is 50.2 Å². The van der Waals surface area contributed by atoms with Crippen LogP contribution in [-0.4, -0.2) is 31.6 Å². The van der Waals surface area contributed by atoms with Crippen molar-refractivity contribution in [3.8, 4) is 0 Å². The van der Waals surface area contributed by atoms with E-state index in [-0.39, 0.29) is 51.2 Å². The molecule has 0 amide bonds. The highest BCUT2D eigenvalue weighted by atomic mass is 28.4. The smallest absolute Gasteiger partial charge is 0.315 e. The molecule has 0 unspecified atom stereocenters. The molecule has 0 saturated heterocycles. The Morgan fingerprint density at radius 3 is 2.17 bits per heavy atom. The van der Waals surface area contributed by atoms with Crippen LogP contribution in [0.4, 0.5) is 0 Å². The van der Waals surface area contributed by atoms with Crippen LogP contribution in [0.2, 0.25) is 18.1 Å². The Kier molecular flexibility index (Phi) is 9.36. The summed E-state index contributed by atoms with van der Waals surface area (Å²) in [5, 5.41) is 11.2. The van der Waals surface area contributed by atoms with Gasteiger partial charge in [0.2, 0.25) is 0 Å². The van der Waals surface area contributed by atoms with Crippen LogP contribution in [0.3, 0.4) is 0 Å². The molecule has 1 aromatic carbocycles. The summed E-state index contributed by atoms with van der Waals surface area (Å²) in [5.41, 5.74) is 2.23. The first kappa shape index (κ1) is 36.4. The molecule has 0 bridgehead atoms. The van der Waals surface area contributed by atoms with Crippen molar-refractivity contribution in [1.29, 1.82) is 0 Å². The molecule has 6 rings (SSSR count). The van der Waals surface area contributed by atoms with Gasteiger partial charge in [0.1, 0.15) is 6.61 Å². The van der Waals surface area contributed by atoms with E-state index in [0.29, 0.717) is 18.4 Å². The predicted molar refractivity (Wildman–Crippen MR) is 199 cm³/mol. The summed E-state index contributed by atoms with van der Waals surface area (Å²) in [7, 11) is -2.08. The quantitative estimate of drug-likeness (QED) is 0.169. The van der Waals surface area contributed by atoms with E-state index < -0.39 is 13.7 Å². The number of allylic oxidation sites excluding steroid dienone is 2. The molecule has 1 N–H and O–H groups in total. The molecule has 4 saturated carbocycles. The van der Waals surface area contributed by atoms with E-state index in [1.807, 2.05) is 18.2 Å². The van der Waals surface area contributed by atoms with Crippen LogP contribution >= 0.6 is 0 Å². The first-order chi connectivity index (χ1) is 22.5. The van der Waals surface area contributed by atoms with Crippen LogP contribution in [0.25, 0.3) is 0 Å². The molecule has 48 heavy (non-hydrogen) atoms. The number of carbonyl (C=O) groups excluding carboxylic acids is 1. The van der Waals surface area contributed by atoms with Gasteiger partial charge in [-0.15, -0.1) is 0 Å². The van der Waals surface area contributed by atoms with Gasteiger partial charge >= 0.3 is 5.97 Å². The van der Waals surface area contributed by atoms with Crippen LogP contribution in [0.1, 0.15) is 133 Å². The number of esters is 1. The molecule has 0 aliphatic heterocycles. The standard InChI is InChI=1S/C43H68O4Si/c1-11-48(12-2,13-3)47-36-28-42(10)31(19-20-34-40(8)23-22-35(44)39(6,7)33(40)21-24-41(34,42)9)32-27-38(4,5)25-26-43(32,36)37(45)46-29-30-17-15-14-16-18-30/h14-19,32-36,44H,11-13,20-29H2,1-10H3/t32-,33+,34-,35-,36-,40+,41-,42+,43-/m0/s1. The van der Waals surface area contributed by atoms with E-state index in [1.54, 1.807) is 5.57 Å². The number of fused-ring (bicyclic) bond motifs is 7. The van der Waals surface area contributed by atoms with E-state index in [2.05, 4.69) is 87.4 Å². The van der Waals surface area contributed by atoms with Gasteiger partial charge in [0.15, 0.2) is 8.32 Å². The van der Waals surface area contributed by atoms with Crippen molar-refractivity contribution < 1.29 is 19.1 Å². The molecule has 5 heteroatoms. The predicted octanol–water partition coefficient (Wildman–Crippen LogP) is 10.9. The fourth-order valence-corrected chi connectivity index (χ4v) is 15.9. The Balaban J connectivity index is 1.49. The van der Waals surface area contributed by atoms with Gasteiger partial charge in [-0.3, -0.25) is 4.79 Å². The second kappa shape index (κ2) is 12.4. The van der Waals surface area contributed by atoms with Crippen LogP contribution in [-0.2, 0) is 20.6 Å². The zero-order chi connectivity index (χ0) is 35.0. The molecule has 0 spiro atoms. The lowest BCUT2D eigenvalue weighted by Crippen LogP contribution is -2.68. The molecule has 4 nitrogen and oxygen atoms in total. The minimum absolute atomic E-state index is 0.0167. The molecule has 5 aliphatic rings. The van der Waals surface area contributed by atoms with Crippen molar-refractivity contribution in [2.45, 2.75) is 164 Å². The highest BCUT2D eigenvalue weighted by molar-refractivity contribution is 6.73. The summed E-state index contributed by atoms with van der Waals surface area (Å²) in [6.45, 7) is 24.7. The Hall–Kier alpha value is -1.43. The zero-order valence-electron chi connectivity index (χ0n) is 32.2. The SMILES string of the molecule is CC[Si](CC)(CC)O[C@H]1C[C@]2(C)C(=CC[C@H]3[C@]4(C)CC[C@H](O)C(C)(C)[C@H]4CC[C@@]32C)[C@@H]2CC(C)(C)CC[C@@]12C(=O)OCc1ccccc1. The molecule has 9 atom stereocenters. The van der Waals surface area contributed by atoms with Gasteiger partial charge in [0.25, 0.3) is 0 Å². The highest BCUT2D eigenvalue weighted by Gasteiger charge is 2.72. The van der Waals surface area contributed by atoms with E-state index in [9.17, 15) is 5.11 Å².